The fraction of sp³-hybridized carbons (Fsp3) is 0.726. The zero-order chi connectivity index (χ0) is 49.3. The molecule has 0 aromatic heterocycles. The average molecular weight is 948 g/mol. The first-order chi connectivity index (χ1) is 33.5. The van der Waals surface area contributed by atoms with Gasteiger partial charge in [-0.25, -0.2) is 0 Å². The van der Waals surface area contributed by atoms with Gasteiger partial charge >= 0.3 is 17.9 Å². The Labute approximate surface area is 420 Å². The van der Waals surface area contributed by atoms with Crippen molar-refractivity contribution >= 4 is 17.9 Å². The molecule has 0 spiro atoms. The third kappa shape index (κ3) is 53.5. The van der Waals surface area contributed by atoms with Crippen LogP contribution in [0.2, 0.25) is 0 Å². The minimum Gasteiger partial charge on any atom is -0.462 e. The molecule has 0 rings (SSSR count). The van der Waals surface area contributed by atoms with Crippen LogP contribution in [0.5, 0.6) is 0 Å². The summed E-state index contributed by atoms with van der Waals surface area (Å²) in [6.45, 7) is 6.45. The van der Waals surface area contributed by atoms with Crippen molar-refractivity contribution in [3.8, 4) is 0 Å². The summed E-state index contributed by atoms with van der Waals surface area (Å²) in [6, 6.07) is 0. The molecule has 1 atom stereocenters. The van der Waals surface area contributed by atoms with E-state index >= 15 is 0 Å². The molecule has 6 heteroatoms. The van der Waals surface area contributed by atoms with Gasteiger partial charge in [0.15, 0.2) is 6.10 Å². The molecule has 0 heterocycles. The van der Waals surface area contributed by atoms with Crippen molar-refractivity contribution in [3.05, 3.63) is 85.1 Å². The standard InChI is InChI=1S/C62H106O6/c1-4-7-10-13-16-19-22-23-24-25-26-27-28-29-30-31-32-33-34-35-36-37-38-39-41-43-46-49-52-55-61(64)67-58-59(57-66-60(63)54-51-48-45-42-21-18-15-12-9-6-3)68-62(65)56-53-50-47-44-40-20-17-14-11-8-5-2/h7,10,12,15-16,19,23-24,26-27,29-30,32-33,59H,4-6,8-9,11,13-14,17-18,20-22,25,28,31,34-58H2,1-3H3/b10-7-,15-12-,19-16-,24-23-,27-26-,30-29-,33-32-. The second kappa shape index (κ2) is 56.2. The molecule has 6 nitrogen and oxygen atoms in total. The van der Waals surface area contributed by atoms with E-state index in [4.69, 9.17) is 14.2 Å². The number of allylic oxidation sites excluding steroid dienone is 14. The van der Waals surface area contributed by atoms with Crippen molar-refractivity contribution in [1.82, 2.24) is 0 Å². The van der Waals surface area contributed by atoms with Crippen LogP contribution in [0.1, 0.15) is 271 Å². The van der Waals surface area contributed by atoms with Gasteiger partial charge in [-0.1, -0.05) is 247 Å². The summed E-state index contributed by atoms with van der Waals surface area (Å²) in [5.41, 5.74) is 0. The highest BCUT2D eigenvalue weighted by Gasteiger charge is 2.19. The van der Waals surface area contributed by atoms with E-state index in [9.17, 15) is 14.4 Å². The molecule has 0 radical (unpaired) electrons. The Balaban J connectivity index is 4.16. The summed E-state index contributed by atoms with van der Waals surface area (Å²) in [7, 11) is 0. The molecule has 0 aliphatic rings. The Bertz CT molecular complexity index is 1320. The molecule has 1 unspecified atom stereocenters. The van der Waals surface area contributed by atoms with Gasteiger partial charge in [0.2, 0.25) is 0 Å². The topological polar surface area (TPSA) is 78.9 Å². The number of ether oxygens (including phenoxy) is 3. The van der Waals surface area contributed by atoms with Gasteiger partial charge in [-0.3, -0.25) is 14.4 Å². The van der Waals surface area contributed by atoms with E-state index in [2.05, 4.69) is 106 Å². The van der Waals surface area contributed by atoms with Crippen LogP contribution in [-0.2, 0) is 28.6 Å². The van der Waals surface area contributed by atoms with Crippen molar-refractivity contribution in [1.29, 1.82) is 0 Å². The molecular weight excluding hydrogens is 841 g/mol. The lowest BCUT2D eigenvalue weighted by Crippen LogP contribution is -2.30. The molecule has 0 N–H and O–H groups in total. The SMILES string of the molecule is CC/C=C\C/C=C\C/C=C\C/C=C\C/C=C\C/C=C\CCCCCCCCCCCCC(=O)OCC(COC(=O)CCCCCCC/C=C\CCC)OC(=O)CCCCCCCCCCCCC. The highest BCUT2D eigenvalue weighted by molar-refractivity contribution is 5.71. The molecule has 0 saturated carbocycles. The normalized spacial score (nSPS) is 12.7. The van der Waals surface area contributed by atoms with Crippen LogP contribution in [0.25, 0.3) is 0 Å². The van der Waals surface area contributed by atoms with E-state index in [-0.39, 0.29) is 31.1 Å². The Hall–Kier alpha value is -3.41. The molecule has 390 valence electrons. The Morgan fingerprint density at radius 3 is 0.971 bits per heavy atom. The summed E-state index contributed by atoms with van der Waals surface area (Å²) in [5.74, 6) is -0.891. The first kappa shape index (κ1) is 64.6. The van der Waals surface area contributed by atoms with Crippen molar-refractivity contribution in [2.45, 2.75) is 277 Å². The molecule has 68 heavy (non-hydrogen) atoms. The quantitative estimate of drug-likeness (QED) is 0.0262. The fourth-order valence-corrected chi connectivity index (χ4v) is 7.86. The second-order valence-electron chi connectivity index (χ2n) is 18.8. The number of carbonyl (C=O) groups excluding carboxylic acids is 3. The van der Waals surface area contributed by atoms with Crippen LogP contribution in [0.4, 0.5) is 0 Å². The van der Waals surface area contributed by atoms with E-state index in [0.717, 1.165) is 109 Å². The predicted octanol–water partition coefficient (Wildman–Crippen LogP) is 19.2. The molecule has 0 fully saturated rings. The molecule has 0 aliphatic heterocycles. The fourth-order valence-electron chi connectivity index (χ4n) is 7.86. The van der Waals surface area contributed by atoms with Crippen molar-refractivity contribution in [3.63, 3.8) is 0 Å². The number of hydrogen-bond acceptors (Lipinski definition) is 6. The van der Waals surface area contributed by atoms with Crippen LogP contribution in [0.15, 0.2) is 85.1 Å². The van der Waals surface area contributed by atoms with Gasteiger partial charge in [0.1, 0.15) is 13.2 Å². The maximum Gasteiger partial charge on any atom is 0.306 e. The largest absolute Gasteiger partial charge is 0.462 e. The molecule has 0 saturated heterocycles. The highest BCUT2D eigenvalue weighted by atomic mass is 16.6. The van der Waals surface area contributed by atoms with Gasteiger partial charge in [0.05, 0.1) is 0 Å². The molecule has 0 aromatic carbocycles. The number of carbonyl (C=O) groups is 3. The van der Waals surface area contributed by atoms with Crippen LogP contribution in [0.3, 0.4) is 0 Å². The maximum atomic E-state index is 12.8. The average Bonchev–Trinajstić information content (AvgIpc) is 3.34. The lowest BCUT2D eigenvalue weighted by Gasteiger charge is -2.18. The lowest BCUT2D eigenvalue weighted by molar-refractivity contribution is -0.167. The first-order valence-corrected chi connectivity index (χ1v) is 28.6. The molecule has 0 aromatic rings. The third-order valence-electron chi connectivity index (χ3n) is 12.1. The minimum atomic E-state index is -0.777. The van der Waals surface area contributed by atoms with Gasteiger partial charge in [-0.2, -0.15) is 0 Å². The second-order valence-corrected chi connectivity index (χ2v) is 18.8. The summed E-state index contributed by atoms with van der Waals surface area (Å²) in [6.07, 6.45) is 73.0. The van der Waals surface area contributed by atoms with Gasteiger partial charge < -0.3 is 14.2 Å². The Morgan fingerprint density at radius 1 is 0.309 bits per heavy atom. The lowest BCUT2D eigenvalue weighted by atomic mass is 10.1. The van der Waals surface area contributed by atoms with E-state index in [1.807, 2.05) is 0 Å². The van der Waals surface area contributed by atoms with Gasteiger partial charge in [-0.15, -0.1) is 0 Å². The first-order valence-electron chi connectivity index (χ1n) is 28.6. The van der Waals surface area contributed by atoms with E-state index < -0.39 is 6.10 Å². The third-order valence-corrected chi connectivity index (χ3v) is 12.1. The van der Waals surface area contributed by atoms with Gasteiger partial charge in [0.25, 0.3) is 0 Å². The summed E-state index contributed by atoms with van der Waals surface area (Å²) in [5, 5.41) is 0. The monoisotopic (exact) mass is 947 g/mol. The van der Waals surface area contributed by atoms with Crippen LogP contribution in [-0.4, -0.2) is 37.2 Å². The predicted molar refractivity (Wildman–Crippen MR) is 293 cm³/mol. The smallest absolute Gasteiger partial charge is 0.306 e. The number of hydrogen-bond donors (Lipinski definition) is 0. The number of rotatable bonds is 51. The van der Waals surface area contributed by atoms with E-state index in [1.54, 1.807) is 0 Å². The zero-order valence-corrected chi connectivity index (χ0v) is 44.6. The summed E-state index contributed by atoms with van der Waals surface area (Å²) < 4.78 is 16.8. The zero-order valence-electron chi connectivity index (χ0n) is 44.6. The van der Waals surface area contributed by atoms with Gasteiger partial charge in [-0.05, 0) is 89.9 Å². The highest BCUT2D eigenvalue weighted by Crippen LogP contribution is 2.15. The maximum absolute atomic E-state index is 12.8. The number of unbranched alkanes of at least 4 members (excludes halogenated alkanes) is 26. The number of esters is 3. The van der Waals surface area contributed by atoms with Gasteiger partial charge in [0, 0.05) is 19.3 Å². The van der Waals surface area contributed by atoms with Crippen molar-refractivity contribution < 1.29 is 28.6 Å². The van der Waals surface area contributed by atoms with E-state index in [0.29, 0.717) is 19.3 Å². The van der Waals surface area contributed by atoms with Crippen LogP contribution < -0.4 is 0 Å². The molecular formula is C62H106O6. The molecule has 0 bridgehead atoms. The molecule has 0 aliphatic carbocycles. The molecule has 0 amide bonds. The Morgan fingerprint density at radius 2 is 0.603 bits per heavy atom. The van der Waals surface area contributed by atoms with E-state index in [1.165, 1.54) is 122 Å². The minimum absolute atomic E-state index is 0.0792. The summed E-state index contributed by atoms with van der Waals surface area (Å²) >= 11 is 0. The van der Waals surface area contributed by atoms with Crippen molar-refractivity contribution in [2.24, 2.45) is 0 Å². The van der Waals surface area contributed by atoms with Crippen LogP contribution in [0, 0.1) is 0 Å². The Kier molecular flexibility index (Phi) is 53.4. The van der Waals surface area contributed by atoms with Crippen molar-refractivity contribution in [2.75, 3.05) is 13.2 Å². The summed E-state index contributed by atoms with van der Waals surface area (Å²) in [4.78, 5) is 38.0. The van der Waals surface area contributed by atoms with Crippen LogP contribution >= 0.6 is 0 Å².